The Bertz CT molecular complexity index is 1670. The molecule has 1 aliphatic heterocycles. The monoisotopic (exact) mass is 704 g/mol. The largest absolute Gasteiger partial charge is 0.463 e. The second-order valence-electron chi connectivity index (χ2n) is 9.44. The second kappa shape index (κ2) is 13.1. The molecule has 0 saturated carbocycles. The number of nitrogens with two attached hydrogens (primary N) is 1. The molecule has 224 valence electrons. The third-order valence-corrected chi connectivity index (χ3v) is 10.4. The number of hydrogen-bond donors (Lipinski definition) is 1. The number of nitrogens with zero attached hydrogens (tertiary/aromatic N) is 1. The maximum absolute atomic E-state index is 13.7. The molecule has 3 heterocycles. The third-order valence-electron chi connectivity index (χ3n) is 6.28. The number of nitrogen functional groups attached to an aromatic ring is 1. The van der Waals surface area contributed by atoms with Crippen LogP contribution in [0.5, 0.6) is 0 Å². The number of carbonyl (C=O) groups excluding carboxylic acids is 4. The molecule has 43 heavy (non-hydrogen) atoms. The highest BCUT2D eigenvalue weighted by molar-refractivity contribution is 9.10. The molecule has 0 amide bonds. The Morgan fingerprint density at radius 1 is 0.953 bits per heavy atom. The first kappa shape index (κ1) is 31.1. The number of carbonyl (C=O) groups is 4. The van der Waals surface area contributed by atoms with Gasteiger partial charge in [-0.15, -0.1) is 22.7 Å². The summed E-state index contributed by atoms with van der Waals surface area (Å²) in [6.07, 6.45) is -3.02. The summed E-state index contributed by atoms with van der Waals surface area (Å²) in [5, 5.41) is 0.599. The SMILES string of the molecule is CC(=O)OC[C@H]1OC(Sc2sc(C(=O)c3ccc(Br)cc3)c(N)c2-c2nc3ccccc3s2)[C@@H](OC(C)=O)[C@H]1OC(C)=O. The molecule has 1 unspecified atom stereocenters. The van der Waals surface area contributed by atoms with E-state index in [1.807, 2.05) is 24.3 Å². The number of rotatable bonds is 9. The van der Waals surface area contributed by atoms with Gasteiger partial charge in [0.15, 0.2) is 12.2 Å². The van der Waals surface area contributed by atoms with Crippen molar-refractivity contribution in [3.63, 3.8) is 0 Å². The lowest BCUT2D eigenvalue weighted by atomic mass is 10.1. The number of thiazole rings is 1. The highest BCUT2D eigenvalue weighted by atomic mass is 79.9. The number of anilines is 1. The van der Waals surface area contributed by atoms with Crippen LogP contribution >= 0.6 is 50.4 Å². The van der Waals surface area contributed by atoms with Crippen molar-refractivity contribution in [3.05, 3.63) is 63.4 Å². The summed E-state index contributed by atoms with van der Waals surface area (Å²) in [5.74, 6) is -2.06. The van der Waals surface area contributed by atoms with Crippen LogP contribution in [0.4, 0.5) is 5.69 Å². The van der Waals surface area contributed by atoms with Crippen molar-refractivity contribution in [3.8, 4) is 10.6 Å². The molecule has 2 aromatic carbocycles. The molecule has 0 spiro atoms. The predicted molar refractivity (Wildman–Crippen MR) is 167 cm³/mol. The first-order valence-electron chi connectivity index (χ1n) is 12.9. The minimum Gasteiger partial charge on any atom is -0.463 e. The topological polar surface area (TPSA) is 144 Å². The molecule has 1 fully saturated rings. The average Bonchev–Trinajstić information content (AvgIpc) is 3.61. The normalized spacial score (nSPS) is 19.7. The number of thiophene rings is 1. The first-order chi connectivity index (χ1) is 20.5. The van der Waals surface area contributed by atoms with Crippen LogP contribution < -0.4 is 5.73 Å². The van der Waals surface area contributed by atoms with Gasteiger partial charge in [0.25, 0.3) is 0 Å². The zero-order valence-corrected chi connectivity index (χ0v) is 27.1. The molecule has 14 heteroatoms. The molecule has 0 radical (unpaired) electrons. The number of ether oxygens (including phenoxy) is 4. The van der Waals surface area contributed by atoms with E-state index < -0.39 is 41.7 Å². The van der Waals surface area contributed by atoms with Crippen molar-refractivity contribution in [2.75, 3.05) is 12.3 Å². The lowest BCUT2D eigenvalue weighted by molar-refractivity contribution is -0.165. The molecule has 2 N–H and O–H groups in total. The van der Waals surface area contributed by atoms with Crippen LogP contribution in [0.1, 0.15) is 36.0 Å². The van der Waals surface area contributed by atoms with Crippen LogP contribution in [0.2, 0.25) is 0 Å². The summed E-state index contributed by atoms with van der Waals surface area (Å²) < 4.78 is 24.8. The lowest BCUT2D eigenvalue weighted by Gasteiger charge is -2.23. The van der Waals surface area contributed by atoms with E-state index >= 15 is 0 Å². The summed E-state index contributed by atoms with van der Waals surface area (Å²) in [6, 6.07) is 14.6. The van der Waals surface area contributed by atoms with Crippen molar-refractivity contribution in [2.24, 2.45) is 0 Å². The van der Waals surface area contributed by atoms with Gasteiger partial charge in [-0.25, -0.2) is 4.98 Å². The summed E-state index contributed by atoms with van der Waals surface area (Å²) >= 11 is 7.15. The predicted octanol–water partition coefficient (Wildman–Crippen LogP) is 5.84. The van der Waals surface area contributed by atoms with Gasteiger partial charge in [0, 0.05) is 30.8 Å². The first-order valence-corrected chi connectivity index (χ1v) is 16.2. The molecule has 0 bridgehead atoms. The zero-order valence-electron chi connectivity index (χ0n) is 23.0. The van der Waals surface area contributed by atoms with Crippen LogP contribution in [0.3, 0.4) is 0 Å². The van der Waals surface area contributed by atoms with Crippen molar-refractivity contribution in [1.82, 2.24) is 4.98 Å². The van der Waals surface area contributed by atoms with E-state index in [1.54, 1.807) is 24.3 Å². The number of esters is 3. The molecule has 4 aromatic rings. The molecule has 2 aromatic heterocycles. The van der Waals surface area contributed by atoms with E-state index in [2.05, 4.69) is 15.9 Å². The number of halogens is 1. The fourth-order valence-corrected chi connectivity index (χ4v) is 8.61. The van der Waals surface area contributed by atoms with Gasteiger partial charge in [-0.3, -0.25) is 19.2 Å². The molecule has 1 aliphatic rings. The fraction of sp³-hybridized carbons (Fsp3) is 0.276. The van der Waals surface area contributed by atoms with Gasteiger partial charge in [0.2, 0.25) is 5.78 Å². The quantitative estimate of drug-likeness (QED) is 0.127. The van der Waals surface area contributed by atoms with Gasteiger partial charge in [-0.2, -0.15) is 0 Å². The van der Waals surface area contributed by atoms with Crippen molar-refractivity contribution < 1.29 is 38.1 Å². The van der Waals surface area contributed by atoms with Crippen LogP contribution in [0, 0.1) is 0 Å². The van der Waals surface area contributed by atoms with Crippen molar-refractivity contribution >= 4 is 90.0 Å². The highest BCUT2D eigenvalue weighted by Gasteiger charge is 2.50. The standard InChI is InChI=1S/C29H25BrN2O8S3/c1-13(33)37-12-19-24(38-14(2)34)25(39-15(3)35)28(40-19)43-29-21(27-32-18-6-4-5-7-20(18)41-27)22(31)26(42-29)23(36)16-8-10-17(30)11-9-16/h4-11,19,24-25,28H,12,31H2,1-3H3/t19-,24+,25+,28?/m1/s1. The summed E-state index contributed by atoms with van der Waals surface area (Å²) in [5.41, 5.74) is 7.83. The molecule has 0 aliphatic carbocycles. The van der Waals surface area contributed by atoms with E-state index in [9.17, 15) is 19.2 Å². The van der Waals surface area contributed by atoms with Gasteiger partial charge in [0.05, 0.1) is 30.6 Å². The van der Waals surface area contributed by atoms with Gasteiger partial charge >= 0.3 is 17.9 Å². The number of aromatic nitrogens is 1. The molecular weight excluding hydrogens is 680 g/mol. The average molecular weight is 706 g/mol. The Hall–Kier alpha value is -3.30. The number of benzene rings is 2. The summed E-state index contributed by atoms with van der Waals surface area (Å²) in [6.45, 7) is 3.47. The van der Waals surface area contributed by atoms with E-state index in [0.717, 1.165) is 14.7 Å². The van der Waals surface area contributed by atoms with Crippen molar-refractivity contribution in [2.45, 2.75) is 48.7 Å². The molecule has 5 rings (SSSR count). The number of ketones is 1. The Kier molecular flexibility index (Phi) is 9.51. The minimum absolute atomic E-state index is 0.229. The minimum atomic E-state index is -1.05. The highest BCUT2D eigenvalue weighted by Crippen LogP contribution is 2.50. The summed E-state index contributed by atoms with van der Waals surface area (Å²) in [7, 11) is 0. The molecule has 1 saturated heterocycles. The van der Waals surface area contributed by atoms with Gasteiger partial charge in [0.1, 0.15) is 23.2 Å². The number of para-hydroxylation sites is 1. The maximum Gasteiger partial charge on any atom is 0.303 e. The van der Waals surface area contributed by atoms with Gasteiger partial charge < -0.3 is 24.7 Å². The van der Waals surface area contributed by atoms with Crippen molar-refractivity contribution in [1.29, 1.82) is 0 Å². The second-order valence-corrected chi connectivity index (χ2v) is 13.8. The van der Waals surface area contributed by atoms with E-state index in [1.165, 1.54) is 55.2 Å². The number of hydrogen-bond acceptors (Lipinski definition) is 13. The summed E-state index contributed by atoms with van der Waals surface area (Å²) in [4.78, 5) is 54.4. The smallest absolute Gasteiger partial charge is 0.303 e. The fourth-order valence-electron chi connectivity index (χ4n) is 4.46. The molecule has 4 atom stereocenters. The van der Waals surface area contributed by atoms with Crippen LogP contribution in [-0.4, -0.2) is 59.0 Å². The molecule has 10 nitrogen and oxygen atoms in total. The molecular formula is C29H25BrN2O8S3. The lowest BCUT2D eigenvalue weighted by Crippen LogP contribution is -2.40. The Morgan fingerprint density at radius 3 is 2.28 bits per heavy atom. The zero-order chi connectivity index (χ0) is 30.8. The van der Waals surface area contributed by atoms with E-state index in [-0.39, 0.29) is 18.1 Å². The number of thioether (sulfide) groups is 1. The van der Waals surface area contributed by atoms with E-state index in [4.69, 9.17) is 29.7 Å². The van der Waals surface area contributed by atoms with Crippen LogP contribution in [-0.2, 0) is 33.3 Å². The Morgan fingerprint density at radius 2 is 1.63 bits per heavy atom. The Labute approximate surface area is 267 Å². The van der Waals surface area contributed by atoms with Gasteiger partial charge in [-0.1, -0.05) is 39.8 Å². The van der Waals surface area contributed by atoms with Crippen LogP contribution in [0.25, 0.3) is 20.8 Å². The van der Waals surface area contributed by atoms with E-state index in [0.29, 0.717) is 25.2 Å². The Balaban J connectivity index is 1.58. The third kappa shape index (κ3) is 6.93. The number of fused-ring (bicyclic) bond motifs is 1. The van der Waals surface area contributed by atoms with Crippen LogP contribution in [0.15, 0.2) is 57.2 Å². The van der Waals surface area contributed by atoms with Gasteiger partial charge in [-0.05, 0) is 36.4 Å². The maximum atomic E-state index is 13.7.